The summed E-state index contributed by atoms with van der Waals surface area (Å²) in [6.45, 7) is 5.70. The minimum absolute atomic E-state index is 0.0493. The van der Waals surface area contributed by atoms with Crippen molar-refractivity contribution in [3.63, 3.8) is 0 Å². The van der Waals surface area contributed by atoms with Crippen molar-refractivity contribution in [1.29, 1.82) is 0 Å². The summed E-state index contributed by atoms with van der Waals surface area (Å²) >= 11 is 2.79. The van der Waals surface area contributed by atoms with Gasteiger partial charge in [0.05, 0.1) is 40.4 Å². The minimum atomic E-state index is -0.677. The first-order chi connectivity index (χ1) is 24.1. The van der Waals surface area contributed by atoms with Gasteiger partial charge in [0.1, 0.15) is 34.1 Å². The van der Waals surface area contributed by atoms with Crippen molar-refractivity contribution in [2.24, 2.45) is 27.5 Å². The van der Waals surface area contributed by atoms with E-state index in [9.17, 15) is 14.7 Å². The molecule has 0 spiro atoms. The number of aromatic hydroxyl groups is 1. The summed E-state index contributed by atoms with van der Waals surface area (Å²) in [7, 11) is 2.91. The van der Waals surface area contributed by atoms with Crippen molar-refractivity contribution in [1.82, 2.24) is 20.0 Å². The number of aryl methyl sites for hydroxylation is 3. The van der Waals surface area contributed by atoms with E-state index in [1.165, 1.54) is 46.8 Å². The number of carbonyl (C=O) groups is 2. The van der Waals surface area contributed by atoms with Crippen molar-refractivity contribution in [3.05, 3.63) is 69.5 Å². The molecule has 0 saturated heterocycles. The van der Waals surface area contributed by atoms with Crippen LogP contribution in [-0.2, 0) is 16.5 Å². The molecule has 0 amide bonds. The summed E-state index contributed by atoms with van der Waals surface area (Å²) in [5, 5.41) is 37.0. The van der Waals surface area contributed by atoms with Gasteiger partial charge >= 0.3 is 18.0 Å². The number of aromatic nitrogens is 4. The summed E-state index contributed by atoms with van der Waals surface area (Å²) < 4.78 is 23.7. The third kappa shape index (κ3) is 6.14. The third-order valence-corrected chi connectivity index (χ3v) is 9.41. The largest absolute Gasteiger partial charge is 0.507 e. The minimum Gasteiger partial charge on any atom is -0.507 e. The fourth-order valence-corrected chi connectivity index (χ4v) is 7.21. The molecule has 0 atom stereocenters. The van der Waals surface area contributed by atoms with Crippen LogP contribution in [0.4, 0.5) is 23.2 Å². The molecule has 17 heteroatoms. The monoisotopic (exact) mass is 710 g/mol. The molecule has 4 aromatic heterocycles. The smallest absolute Gasteiger partial charge is 0.341 e. The van der Waals surface area contributed by atoms with Gasteiger partial charge in [0.25, 0.3) is 0 Å². The number of oxazole rings is 1. The van der Waals surface area contributed by atoms with Gasteiger partial charge in [0.2, 0.25) is 5.82 Å². The molecule has 0 aliphatic heterocycles. The highest BCUT2D eigenvalue weighted by atomic mass is 32.1. The zero-order valence-electron chi connectivity index (χ0n) is 27.1. The molecule has 7 aromatic rings. The van der Waals surface area contributed by atoms with E-state index in [1.807, 2.05) is 19.9 Å². The van der Waals surface area contributed by atoms with Gasteiger partial charge in [0.15, 0.2) is 5.58 Å². The zero-order chi connectivity index (χ0) is 35.1. The van der Waals surface area contributed by atoms with Crippen LogP contribution < -0.4 is 4.74 Å². The van der Waals surface area contributed by atoms with Crippen LogP contribution >= 0.6 is 22.7 Å². The molecule has 1 N–H and O–H groups in total. The average Bonchev–Trinajstić information content (AvgIpc) is 3.88. The number of carbonyl (C=O) groups excluding carboxylic acids is 2. The van der Waals surface area contributed by atoms with Crippen molar-refractivity contribution in [3.8, 4) is 17.2 Å². The molecular formula is C33H26N8O7S2. The number of hydrogen-bond acceptors (Lipinski definition) is 16. The summed E-state index contributed by atoms with van der Waals surface area (Å²) in [6.07, 6.45) is 1.46. The highest BCUT2D eigenvalue weighted by Gasteiger charge is 2.23. The van der Waals surface area contributed by atoms with Gasteiger partial charge in [-0.2, -0.15) is 14.9 Å². The van der Waals surface area contributed by atoms with Crippen molar-refractivity contribution >= 4 is 89.1 Å². The van der Waals surface area contributed by atoms with Crippen LogP contribution in [0.5, 0.6) is 17.2 Å². The van der Waals surface area contributed by atoms with Gasteiger partial charge in [-0.3, -0.25) is 0 Å². The number of phenolic OH excluding ortho intramolecular Hbond substituents is 1. The fourth-order valence-electron chi connectivity index (χ4n) is 5.17. The lowest BCUT2D eigenvalue weighted by atomic mass is 10.1. The number of benzene rings is 3. The summed E-state index contributed by atoms with van der Waals surface area (Å²) in [6, 6.07) is 11.6. The lowest BCUT2D eigenvalue weighted by molar-refractivity contribution is 0.0526. The van der Waals surface area contributed by atoms with Gasteiger partial charge in [-0.15, -0.1) is 43.1 Å². The number of fused-ring (bicyclic) bond motifs is 3. The molecule has 15 nitrogen and oxygen atoms in total. The standard InChI is InChI=1S/C33H26N8O7S2/c1-6-46-32(44)21-13-25(19-10-16(3)50-30(19)28(21)37-36-26-14-34-41(4)40-26)47-17-7-8-24-22(11-17)35-33(48-24)39-38-27-20(31(43)45-5)12-23(42)18-9-15(2)49-29(18)27/h7-14,42H,6H2,1-5H3. The fraction of sp³-hybridized carbons (Fsp3) is 0.182. The number of nitrogens with zero attached hydrogens (tertiary/aromatic N) is 8. The maximum absolute atomic E-state index is 13.2. The molecule has 252 valence electrons. The summed E-state index contributed by atoms with van der Waals surface area (Å²) in [4.78, 5) is 33.4. The topological polar surface area (TPSA) is 188 Å². The molecule has 3 aromatic carbocycles. The number of thiophene rings is 2. The zero-order valence-corrected chi connectivity index (χ0v) is 28.7. The Morgan fingerprint density at radius 3 is 2.32 bits per heavy atom. The molecule has 0 saturated carbocycles. The van der Waals surface area contributed by atoms with Crippen molar-refractivity contribution in [2.75, 3.05) is 13.7 Å². The number of azo groups is 2. The lowest BCUT2D eigenvalue weighted by Crippen LogP contribution is -2.05. The molecule has 0 bridgehead atoms. The van der Waals surface area contributed by atoms with Gasteiger partial charge in [-0.05, 0) is 57.2 Å². The lowest BCUT2D eigenvalue weighted by Gasteiger charge is -2.11. The number of ether oxygens (including phenoxy) is 3. The Labute approximate surface area is 290 Å². The van der Waals surface area contributed by atoms with Crippen LogP contribution in [0.25, 0.3) is 31.3 Å². The maximum atomic E-state index is 13.2. The maximum Gasteiger partial charge on any atom is 0.341 e. The van der Waals surface area contributed by atoms with E-state index in [0.717, 1.165) is 9.75 Å². The average molecular weight is 711 g/mol. The number of esters is 2. The second-order valence-electron chi connectivity index (χ2n) is 10.8. The first-order valence-electron chi connectivity index (χ1n) is 15.0. The first kappa shape index (κ1) is 32.5. The van der Waals surface area contributed by atoms with Crippen LogP contribution in [0.2, 0.25) is 0 Å². The van der Waals surface area contributed by atoms with Gasteiger partial charge < -0.3 is 23.7 Å². The Morgan fingerprint density at radius 2 is 1.62 bits per heavy atom. The Morgan fingerprint density at radius 1 is 0.920 bits per heavy atom. The molecule has 0 aliphatic carbocycles. The molecule has 4 heterocycles. The van der Waals surface area contributed by atoms with Crippen molar-refractivity contribution in [2.45, 2.75) is 20.8 Å². The highest BCUT2D eigenvalue weighted by molar-refractivity contribution is 7.20. The number of rotatable bonds is 9. The highest BCUT2D eigenvalue weighted by Crippen LogP contribution is 2.45. The summed E-state index contributed by atoms with van der Waals surface area (Å²) in [5.74, 6) is -0.241. The van der Waals surface area contributed by atoms with Crippen LogP contribution in [-0.4, -0.2) is 50.7 Å². The van der Waals surface area contributed by atoms with Gasteiger partial charge in [0, 0.05) is 33.6 Å². The quantitative estimate of drug-likeness (QED) is 0.112. The third-order valence-electron chi connectivity index (χ3n) is 7.30. The van der Waals surface area contributed by atoms with Crippen LogP contribution in [0.1, 0.15) is 37.4 Å². The predicted octanol–water partition coefficient (Wildman–Crippen LogP) is 9.29. The van der Waals surface area contributed by atoms with Crippen LogP contribution in [0.15, 0.2) is 73.5 Å². The summed E-state index contributed by atoms with van der Waals surface area (Å²) in [5.41, 5.74) is 1.60. The van der Waals surface area contributed by atoms with E-state index < -0.39 is 11.9 Å². The van der Waals surface area contributed by atoms with E-state index in [2.05, 4.69) is 35.6 Å². The molecule has 0 fully saturated rings. The number of phenols is 1. The van der Waals surface area contributed by atoms with Gasteiger partial charge in [-0.25, -0.2) is 9.59 Å². The van der Waals surface area contributed by atoms with E-state index in [4.69, 9.17) is 18.6 Å². The number of methoxy groups -OCH3 is 1. The molecule has 0 aliphatic rings. The second-order valence-corrected chi connectivity index (χ2v) is 13.3. The Balaban J connectivity index is 1.24. The normalized spacial score (nSPS) is 11.9. The van der Waals surface area contributed by atoms with E-state index in [1.54, 1.807) is 44.3 Å². The molecule has 50 heavy (non-hydrogen) atoms. The Hall–Kier alpha value is -6.07. The SMILES string of the molecule is CCOC(=O)c1cc(Oc2ccc3oc(N=Nc4c(C(=O)OC)cc(O)c5cc(C)sc45)nc3c2)c2cc(C)sc2c1N=Nc1cnn(C)n1. The second kappa shape index (κ2) is 13.1. The molecule has 0 unspecified atom stereocenters. The van der Waals surface area contributed by atoms with Crippen molar-refractivity contribution < 1.29 is 33.3 Å². The van der Waals surface area contributed by atoms with E-state index in [0.29, 0.717) is 48.5 Å². The van der Waals surface area contributed by atoms with Crippen LogP contribution in [0, 0.1) is 13.8 Å². The van der Waals surface area contributed by atoms with E-state index in [-0.39, 0.29) is 41.0 Å². The predicted molar refractivity (Wildman–Crippen MR) is 186 cm³/mol. The first-order valence-corrected chi connectivity index (χ1v) is 16.6. The Kier molecular flexibility index (Phi) is 8.50. The molecule has 0 radical (unpaired) electrons. The van der Waals surface area contributed by atoms with Gasteiger partial charge in [-0.1, -0.05) is 5.11 Å². The molecular weight excluding hydrogens is 685 g/mol. The van der Waals surface area contributed by atoms with E-state index >= 15 is 0 Å². The number of hydrogen-bond donors (Lipinski definition) is 1. The van der Waals surface area contributed by atoms with Crippen LogP contribution in [0.3, 0.4) is 0 Å². The molecule has 7 rings (SSSR count). The Bertz CT molecular complexity index is 2530.